The third-order valence-corrected chi connectivity index (χ3v) is 2.27. The minimum atomic E-state index is 0.192. The van der Waals surface area contributed by atoms with Gasteiger partial charge in [0.1, 0.15) is 11.4 Å². The monoisotopic (exact) mass is 223 g/mol. The Balaban J connectivity index is 2.04. The molecule has 0 radical (unpaired) electrons. The van der Waals surface area contributed by atoms with Crippen LogP contribution in [0.4, 0.5) is 5.69 Å². The second kappa shape index (κ2) is 5.66. The van der Waals surface area contributed by atoms with E-state index in [0.717, 1.165) is 5.56 Å². The molecule has 2 rings (SSSR count). The largest absolute Gasteiger partial charge is 0.506 e. The second-order valence-corrected chi connectivity index (χ2v) is 3.54. The molecule has 2 aromatic carbocycles. The summed E-state index contributed by atoms with van der Waals surface area (Å²) in [5, 5.41) is 9.49. The van der Waals surface area contributed by atoms with Gasteiger partial charge >= 0.3 is 0 Å². The van der Waals surface area contributed by atoms with E-state index < -0.39 is 0 Å². The second-order valence-electron chi connectivity index (χ2n) is 3.54. The summed E-state index contributed by atoms with van der Waals surface area (Å²) in [7, 11) is 0. The number of rotatable bonds is 3. The van der Waals surface area contributed by atoms with Crippen molar-refractivity contribution in [1.29, 1.82) is 0 Å². The number of aliphatic imine (C=N–C) groups is 1. The Morgan fingerprint density at radius 2 is 1.59 bits per heavy atom. The molecule has 0 aromatic heterocycles. The summed E-state index contributed by atoms with van der Waals surface area (Å²) in [6, 6.07) is 17.0. The molecule has 2 nitrogen and oxygen atoms in total. The predicted octanol–water partition coefficient (Wildman–Crippen LogP) is 3.81. The van der Waals surface area contributed by atoms with Gasteiger partial charge in [0.05, 0.1) is 0 Å². The van der Waals surface area contributed by atoms with Gasteiger partial charge in [0.2, 0.25) is 0 Å². The van der Waals surface area contributed by atoms with Crippen molar-refractivity contribution < 1.29 is 5.11 Å². The number of hydrogen-bond donors (Lipinski definition) is 1. The van der Waals surface area contributed by atoms with E-state index in [1.165, 1.54) is 0 Å². The van der Waals surface area contributed by atoms with Gasteiger partial charge in [-0.2, -0.15) is 0 Å². The Morgan fingerprint density at radius 1 is 0.882 bits per heavy atom. The van der Waals surface area contributed by atoms with E-state index in [1.807, 2.05) is 48.6 Å². The molecule has 0 spiro atoms. The van der Waals surface area contributed by atoms with Crippen molar-refractivity contribution in [1.82, 2.24) is 0 Å². The summed E-state index contributed by atoms with van der Waals surface area (Å²) in [4.78, 5) is 4.16. The Morgan fingerprint density at radius 3 is 2.35 bits per heavy atom. The van der Waals surface area contributed by atoms with E-state index in [9.17, 15) is 5.11 Å². The number of benzene rings is 2. The van der Waals surface area contributed by atoms with Crippen molar-refractivity contribution in [2.75, 3.05) is 0 Å². The zero-order chi connectivity index (χ0) is 11.9. The van der Waals surface area contributed by atoms with Gasteiger partial charge in [-0.25, -0.2) is 0 Å². The lowest BCUT2D eigenvalue weighted by Gasteiger charge is -1.95. The van der Waals surface area contributed by atoms with Gasteiger partial charge in [-0.05, 0) is 23.8 Å². The molecule has 0 saturated heterocycles. The molecule has 0 atom stereocenters. The molecule has 0 aliphatic carbocycles. The van der Waals surface area contributed by atoms with Gasteiger partial charge in [0.15, 0.2) is 0 Å². The van der Waals surface area contributed by atoms with Crippen molar-refractivity contribution >= 4 is 18.0 Å². The molecule has 0 fully saturated rings. The number of phenolic OH excluding ortho intramolecular Hbond substituents is 1. The average molecular weight is 223 g/mol. The predicted molar refractivity (Wildman–Crippen MR) is 71.7 cm³/mol. The highest BCUT2D eigenvalue weighted by Gasteiger charge is 1.93. The highest BCUT2D eigenvalue weighted by molar-refractivity contribution is 5.81. The average Bonchev–Trinajstić information content (AvgIpc) is 2.38. The van der Waals surface area contributed by atoms with Gasteiger partial charge in [-0.15, -0.1) is 0 Å². The van der Waals surface area contributed by atoms with Crippen molar-refractivity contribution in [3.8, 4) is 5.75 Å². The van der Waals surface area contributed by atoms with E-state index in [1.54, 1.807) is 24.4 Å². The van der Waals surface area contributed by atoms with E-state index in [2.05, 4.69) is 4.99 Å². The Labute approximate surface area is 101 Å². The van der Waals surface area contributed by atoms with E-state index >= 15 is 0 Å². The molecular formula is C15H13NO. The number of aromatic hydroxyl groups is 1. The van der Waals surface area contributed by atoms with Crippen LogP contribution < -0.4 is 0 Å². The van der Waals surface area contributed by atoms with Crippen molar-refractivity contribution in [3.05, 3.63) is 66.2 Å². The maximum absolute atomic E-state index is 9.49. The molecule has 17 heavy (non-hydrogen) atoms. The van der Waals surface area contributed by atoms with Crippen LogP contribution >= 0.6 is 0 Å². The summed E-state index contributed by atoms with van der Waals surface area (Å²) in [5.74, 6) is 0.192. The van der Waals surface area contributed by atoms with Crippen LogP contribution in [0.15, 0.2) is 65.7 Å². The summed E-state index contributed by atoms with van der Waals surface area (Å²) in [6.07, 6.45) is 5.48. The number of para-hydroxylation sites is 2. The van der Waals surface area contributed by atoms with Crippen LogP contribution in [-0.2, 0) is 0 Å². The maximum atomic E-state index is 9.49. The Bertz CT molecular complexity index is 530. The highest BCUT2D eigenvalue weighted by Crippen LogP contribution is 2.24. The van der Waals surface area contributed by atoms with E-state index in [4.69, 9.17) is 0 Å². The normalized spacial score (nSPS) is 11.3. The van der Waals surface area contributed by atoms with Crippen molar-refractivity contribution in [2.24, 2.45) is 4.99 Å². The van der Waals surface area contributed by atoms with Crippen LogP contribution in [0, 0.1) is 0 Å². The maximum Gasteiger partial charge on any atom is 0.141 e. The van der Waals surface area contributed by atoms with E-state index in [0.29, 0.717) is 5.69 Å². The molecule has 1 N–H and O–H groups in total. The van der Waals surface area contributed by atoms with Gasteiger partial charge in [-0.3, -0.25) is 4.99 Å². The van der Waals surface area contributed by atoms with Crippen LogP contribution in [0.25, 0.3) is 6.08 Å². The number of phenols is 1. The molecular weight excluding hydrogens is 210 g/mol. The van der Waals surface area contributed by atoms with Gasteiger partial charge in [0, 0.05) is 6.21 Å². The number of hydrogen-bond acceptors (Lipinski definition) is 2. The fourth-order valence-electron chi connectivity index (χ4n) is 1.41. The fraction of sp³-hybridized carbons (Fsp3) is 0. The minimum absolute atomic E-state index is 0.192. The zero-order valence-electron chi connectivity index (χ0n) is 9.32. The number of nitrogens with zero attached hydrogens (tertiary/aromatic N) is 1. The Hall–Kier alpha value is -2.35. The van der Waals surface area contributed by atoms with Gasteiger partial charge in [-0.1, -0.05) is 48.5 Å². The SMILES string of the molecule is Oc1ccccc1/N=C/C=C/c1ccccc1. The van der Waals surface area contributed by atoms with Gasteiger partial charge < -0.3 is 5.11 Å². The molecule has 84 valence electrons. The molecule has 0 aliphatic heterocycles. The van der Waals surface area contributed by atoms with E-state index in [-0.39, 0.29) is 5.75 Å². The van der Waals surface area contributed by atoms with Crippen LogP contribution in [0.3, 0.4) is 0 Å². The molecule has 0 heterocycles. The fourth-order valence-corrected chi connectivity index (χ4v) is 1.41. The molecule has 2 aromatic rings. The van der Waals surface area contributed by atoms with Crippen molar-refractivity contribution in [3.63, 3.8) is 0 Å². The number of allylic oxidation sites excluding steroid dienone is 1. The molecule has 0 amide bonds. The topological polar surface area (TPSA) is 32.6 Å². The summed E-state index contributed by atoms with van der Waals surface area (Å²) in [6.45, 7) is 0. The Kier molecular flexibility index (Phi) is 3.71. The van der Waals surface area contributed by atoms with Crippen LogP contribution in [0.1, 0.15) is 5.56 Å². The molecule has 0 saturated carbocycles. The van der Waals surface area contributed by atoms with Crippen LogP contribution in [0.5, 0.6) is 5.75 Å². The first-order valence-corrected chi connectivity index (χ1v) is 5.40. The lowest BCUT2D eigenvalue weighted by atomic mass is 10.2. The van der Waals surface area contributed by atoms with Crippen LogP contribution in [0.2, 0.25) is 0 Å². The van der Waals surface area contributed by atoms with Gasteiger partial charge in [0.25, 0.3) is 0 Å². The third-order valence-electron chi connectivity index (χ3n) is 2.27. The zero-order valence-corrected chi connectivity index (χ0v) is 9.32. The summed E-state index contributed by atoms with van der Waals surface area (Å²) in [5.41, 5.74) is 1.70. The highest BCUT2D eigenvalue weighted by atomic mass is 16.3. The quantitative estimate of drug-likeness (QED) is 0.788. The molecule has 0 unspecified atom stereocenters. The first-order valence-electron chi connectivity index (χ1n) is 5.40. The van der Waals surface area contributed by atoms with Crippen molar-refractivity contribution in [2.45, 2.75) is 0 Å². The first-order chi connectivity index (χ1) is 8.36. The lowest BCUT2D eigenvalue weighted by molar-refractivity contribution is 0.477. The first kappa shape index (κ1) is 11.1. The summed E-state index contributed by atoms with van der Waals surface area (Å²) < 4.78 is 0. The standard InChI is InChI=1S/C15H13NO/c17-15-11-5-4-10-14(15)16-12-6-9-13-7-2-1-3-8-13/h1-12,17H/b9-6+,16-12+. The minimum Gasteiger partial charge on any atom is -0.506 e. The van der Waals surface area contributed by atoms with Crippen LogP contribution in [-0.4, -0.2) is 11.3 Å². The summed E-state index contributed by atoms with van der Waals surface area (Å²) >= 11 is 0. The molecule has 0 aliphatic rings. The molecule has 2 heteroatoms. The third kappa shape index (κ3) is 3.31. The molecule has 0 bridgehead atoms. The smallest absolute Gasteiger partial charge is 0.141 e. The lowest BCUT2D eigenvalue weighted by Crippen LogP contribution is -1.71.